The normalized spacial score (nSPS) is 14.4. The van der Waals surface area contributed by atoms with E-state index in [1.807, 2.05) is 6.08 Å². The summed E-state index contributed by atoms with van der Waals surface area (Å²) in [6, 6.07) is -1.52. The van der Waals surface area contributed by atoms with Gasteiger partial charge in [-0.15, -0.1) is 0 Å². The van der Waals surface area contributed by atoms with Crippen LogP contribution in [0.3, 0.4) is 0 Å². The SMILES string of the molecule is CCCCCCCC/C=C/C/C=C/C/C=C/CCCC(=O)OC[C@@H](COP(=O)(O)OC[C@@H](N)C(=O)O)OC(=O)CCCCCCCCCC. The summed E-state index contributed by atoms with van der Waals surface area (Å²) in [6.07, 6.45) is 32.5. The van der Waals surface area contributed by atoms with Gasteiger partial charge in [-0.3, -0.25) is 23.4 Å². The van der Waals surface area contributed by atoms with E-state index >= 15 is 0 Å². The zero-order valence-corrected chi connectivity index (χ0v) is 31.2. The molecule has 0 aromatic carbocycles. The van der Waals surface area contributed by atoms with Crippen LogP contribution < -0.4 is 5.73 Å². The van der Waals surface area contributed by atoms with E-state index < -0.39 is 51.1 Å². The van der Waals surface area contributed by atoms with Gasteiger partial charge in [0, 0.05) is 12.8 Å². The third kappa shape index (κ3) is 32.7. The fourth-order valence-corrected chi connectivity index (χ4v) is 5.45. The molecule has 0 radical (unpaired) electrons. The van der Waals surface area contributed by atoms with Crippen LogP contribution in [-0.2, 0) is 37.5 Å². The molecule has 0 bridgehead atoms. The van der Waals surface area contributed by atoms with Gasteiger partial charge in [0.05, 0.1) is 13.2 Å². The first-order valence-electron chi connectivity index (χ1n) is 18.5. The summed E-state index contributed by atoms with van der Waals surface area (Å²) in [5.74, 6) is -2.45. The lowest BCUT2D eigenvalue weighted by Gasteiger charge is -2.20. The molecule has 0 fully saturated rings. The van der Waals surface area contributed by atoms with Crippen molar-refractivity contribution in [3.63, 3.8) is 0 Å². The first kappa shape index (κ1) is 46.7. The monoisotopic (exact) mass is 715 g/mol. The Bertz CT molecular complexity index is 984. The van der Waals surface area contributed by atoms with Gasteiger partial charge >= 0.3 is 25.7 Å². The molecule has 0 amide bonds. The zero-order valence-electron chi connectivity index (χ0n) is 30.3. The first-order valence-corrected chi connectivity index (χ1v) is 20.0. The number of nitrogens with two attached hydrogens (primary N) is 1. The van der Waals surface area contributed by atoms with Crippen molar-refractivity contribution in [3.8, 4) is 0 Å². The minimum absolute atomic E-state index is 0.150. The molecule has 284 valence electrons. The minimum Gasteiger partial charge on any atom is -0.480 e. The van der Waals surface area contributed by atoms with E-state index in [0.717, 1.165) is 38.5 Å². The van der Waals surface area contributed by atoms with Crippen molar-refractivity contribution in [2.75, 3.05) is 19.8 Å². The lowest BCUT2D eigenvalue weighted by atomic mass is 10.1. The summed E-state index contributed by atoms with van der Waals surface area (Å²) >= 11 is 0. The predicted molar refractivity (Wildman–Crippen MR) is 194 cm³/mol. The number of phosphoric acid groups is 1. The van der Waals surface area contributed by atoms with Crippen LogP contribution in [-0.4, -0.2) is 59.9 Å². The number of aliphatic carboxylic acids is 1. The van der Waals surface area contributed by atoms with Crippen LogP contribution in [0.4, 0.5) is 0 Å². The number of hydrogen-bond donors (Lipinski definition) is 3. The maximum absolute atomic E-state index is 12.5. The number of ether oxygens (including phenoxy) is 2. The molecule has 0 saturated heterocycles. The Morgan fingerprint density at radius 3 is 1.67 bits per heavy atom. The van der Waals surface area contributed by atoms with Crippen molar-refractivity contribution < 1.29 is 47.5 Å². The van der Waals surface area contributed by atoms with Gasteiger partial charge in [0.15, 0.2) is 6.10 Å². The molecule has 0 spiro atoms. The maximum Gasteiger partial charge on any atom is 0.472 e. The van der Waals surface area contributed by atoms with Gasteiger partial charge in [0.25, 0.3) is 0 Å². The van der Waals surface area contributed by atoms with Crippen LogP contribution in [0.2, 0.25) is 0 Å². The summed E-state index contributed by atoms with van der Waals surface area (Å²) in [5, 5.41) is 8.83. The fraction of sp³-hybridized carbons (Fsp3) is 0.757. The second kappa shape index (κ2) is 32.9. The second-order valence-electron chi connectivity index (χ2n) is 12.4. The van der Waals surface area contributed by atoms with Crippen LogP contribution in [0.5, 0.6) is 0 Å². The highest BCUT2D eigenvalue weighted by molar-refractivity contribution is 7.47. The molecule has 0 aliphatic carbocycles. The molecule has 0 saturated carbocycles. The summed E-state index contributed by atoms with van der Waals surface area (Å²) < 4.78 is 32.4. The lowest BCUT2D eigenvalue weighted by Crippen LogP contribution is -2.34. The number of carbonyl (C=O) groups excluding carboxylic acids is 2. The van der Waals surface area contributed by atoms with Gasteiger partial charge in [-0.2, -0.15) is 0 Å². The number of allylic oxidation sites excluding steroid dienone is 6. The Morgan fingerprint density at radius 2 is 1.10 bits per heavy atom. The van der Waals surface area contributed by atoms with Gasteiger partial charge in [-0.05, 0) is 44.9 Å². The fourth-order valence-electron chi connectivity index (χ4n) is 4.67. The number of rotatable bonds is 34. The van der Waals surface area contributed by atoms with Gasteiger partial charge in [-0.25, -0.2) is 4.57 Å². The lowest BCUT2D eigenvalue weighted by molar-refractivity contribution is -0.161. The molecule has 0 aliphatic heterocycles. The minimum atomic E-state index is -4.71. The summed E-state index contributed by atoms with van der Waals surface area (Å²) in [7, 11) is -4.71. The van der Waals surface area contributed by atoms with Crippen LogP contribution >= 0.6 is 7.82 Å². The Balaban J connectivity index is 4.47. The van der Waals surface area contributed by atoms with Crippen LogP contribution in [0.1, 0.15) is 149 Å². The number of esters is 2. The third-order valence-electron chi connectivity index (χ3n) is 7.64. The second-order valence-corrected chi connectivity index (χ2v) is 13.8. The number of carboxylic acid groups (broad SMARTS) is 1. The molecule has 0 aliphatic rings. The summed E-state index contributed by atoms with van der Waals surface area (Å²) in [4.78, 5) is 45.5. The highest BCUT2D eigenvalue weighted by Gasteiger charge is 2.28. The van der Waals surface area contributed by atoms with E-state index in [2.05, 4.69) is 48.8 Å². The number of carboxylic acids is 1. The summed E-state index contributed by atoms with van der Waals surface area (Å²) in [5.41, 5.74) is 5.30. The van der Waals surface area contributed by atoms with Gasteiger partial charge in [0.2, 0.25) is 0 Å². The Kier molecular flexibility index (Phi) is 31.3. The zero-order chi connectivity index (χ0) is 36.4. The van der Waals surface area contributed by atoms with E-state index in [1.165, 1.54) is 64.2 Å². The number of phosphoric ester groups is 1. The molecular weight excluding hydrogens is 649 g/mol. The average Bonchev–Trinajstić information content (AvgIpc) is 3.07. The molecule has 0 heterocycles. The smallest absolute Gasteiger partial charge is 0.472 e. The average molecular weight is 716 g/mol. The molecule has 49 heavy (non-hydrogen) atoms. The van der Waals surface area contributed by atoms with E-state index in [0.29, 0.717) is 19.3 Å². The molecule has 11 nitrogen and oxygen atoms in total. The van der Waals surface area contributed by atoms with Crippen molar-refractivity contribution in [1.82, 2.24) is 0 Å². The van der Waals surface area contributed by atoms with Crippen molar-refractivity contribution in [2.24, 2.45) is 5.73 Å². The molecular formula is C37H66NO10P. The van der Waals surface area contributed by atoms with Crippen molar-refractivity contribution in [3.05, 3.63) is 36.5 Å². The number of carbonyl (C=O) groups is 3. The predicted octanol–water partition coefficient (Wildman–Crippen LogP) is 8.89. The van der Waals surface area contributed by atoms with Crippen LogP contribution in [0.15, 0.2) is 36.5 Å². The number of hydrogen-bond acceptors (Lipinski definition) is 9. The molecule has 3 atom stereocenters. The standard InChI is InChI=1S/C37H66NO10P/c1-3-5-7-9-11-13-14-15-16-17-18-19-20-21-23-24-26-28-35(39)45-30-33(31-46-49(43,44)47-32-34(38)37(41)42)48-36(40)29-27-25-22-12-10-8-6-4-2/h15-16,18-19,21,23,33-34H,3-14,17,20,22,24-32,38H2,1-2H3,(H,41,42)(H,43,44)/b16-15+,19-18+,23-21+/t33-,34+/m0/s1. The Morgan fingerprint density at radius 1 is 0.633 bits per heavy atom. The quantitative estimate of drug-likeness (QED) is 0.0251. The topological polar surface area (TPSA) is 172 Å². The molecule has 0 aromatic rings. The molecule has 4 N–H and O–H groups in total. The maximum atomic E-state index is 12.5. The van der Waals surface area contributed by atoms with E-state index in [9.17, 15) is 23.8 Å². The Labute approximate surface area is 295 Å². The molecule has 0 aromatic heterocycles. The number of unbranched alkanes of at least 4 members (excludes halogenated alkanes) is 14. The van der Waals surface area contributed by atoms with Gasteiger partial charge in [-0.1, -0.05) is 127 Å². The van der Waals surface area contributed by atoms with Gasteiger partial charge in [0.1, 0.15) is 12.6 Å². The third-order valence-corrected chi connectivity index (χ3v) is 8.59. The van der Waals surface area contributed by atoms with Crippen LogP contribution in [0, 0.1) is 0 Å². The molecule has 12 heteroatoms. The largest absolute Gasteiger partial charge is 0.480 e. The van der Waals surface area contributed by atoms with Gasteiger partial charge < -0.3 is 25.2 Å². The van der Waals surface area contributed by atoms with Crippen LogP contribution in [0.25, 0.3) is 0 Å². The summed E-state index contributed by atoms with van der Waals surface area (Å²) in [6.45, 7) is 2.67. The highest BCUT2D eigenvalue weighted by Crippen LogP contribution is 2.43. The van der Waals surface area contributed by atoms with Crippen molar-refractivity contribution in [2.45, 2.75) is 161 Å². The van der Waals surface area contributed by atoms with E-state index in [-0.39, 0.29) is 19.4 Å². The Hall–Kier alpha value is -2.30. The highest BCUT2D eigenvalue weighted by atomic mass is 31.2. The molecule has 1 unspecified atom stereocenters. The van der Waals surface area contributed by atoms with E-state index in [4.69, 9.17) is 24.8 Å². The molecule has 0 rings (SSSR count). The van der Waals surface area contributed by atoms with E-state index in [1.54, 1.807) is 0 Å². The van der Waals surface area contributed by atoms with Crippen molar-refractivity contribution in [1.29, 1.82) is 0 Å². The van der Waals surface area contributed by atoms with Crippen molar-refractivity contribution >= 4 is 25.7 Å². The first-order chi connectivity index (χ1) is 23.6.